The highest BCUT2D eigenvalue weighted by molar-refractivity contribution is 5.55. The fourth-order valence-electron chi connectivity index (χ4n) is 1.88. The van der Waals surface area contributed by atoms with Crippen LogP contribution in [0.15, 0.2) is 43.0 Å². The Kier molecular flexibility index (Phi) is 3.46. The third-order valence-electron chi connectivity index (χ3n) is 2.86. The highest BCUT2D eigenvalue weighted by Crippen LogP contribution is 2.16. The molecule has 0 amide bonds. The van der Waals surface area contributed by atoms with E-state index in [1.54, 1.807) is 30.3 Å². The lowest BCUT2D eigenvalue weighted by atomic mass is 10.2. The summed E-state index contributed by atoms with van der Waals surface area (Å²) in [5.41, 5.74) is 2.09. The smallest absolute Gasteiger partial charge is 0.241 e. The quantitative estimate of drug-likeness (QED) is 0.762. The summed E-state index contributed by atoms with van der Waals surface area (Å²) in [5.74, 6) is 1.47. The number of hydrogen-bond donors (Lipinski definition) is 2. The minimum atomic E-state index is 0.476. The standard InChI is InChI=1S/C14H15N7/c1-10-4-3-5-11(8-10)17-13-18-12(15-2)19-14(20-13)21-7-6-16-9-21/h3-9H,1-2H3,(H2,15,17,18,19,20). The molecule has 2 heterocycles. The van der Waals surface area contributed by atoms with Crippen molar-refractivity contribution in [1.82, 2.24) is 24.5 Å². The molecule has 1 aromatic carbocycles. The second kappa shape index (κ2) is 5.58. The Labute approximate surface area is 122 Å². The van der Waals surface area contributed by atoms with Gasteiger partial charge in [-0.1, -0.05) is 12.1 Å². The number of benzene rings is 1. The Morgan fingerprint density at radius 2 is 1.95 bits per heavy atom. The van der Waals surface area contributed by atoms with Crippen molar-refractivity contribution < 1.29 is 0 Å². The molecule has 0 atom stereocenters. The predicted octanol–water partition coefficient (Wildman–Crippen LogP) is 2.15. The molecule has 2 N–H and O–H groups in total. The van der Waals surface area contributed by atoms with Crippen LogP contribution in [0, 0.1) is 6.92 Å². The highest BCUT2D eigenvalue weighted by Gasteiger charge is 2.07. The van der Waals surface area contributed by atoms with Gasteiger partial charge in [-0.3, -0.25) is 4.57 Å². The first kappa shape index (κ1) is 13.0. The van der Waals surface area contributed by atoms with Crippen LogP contribution < -0.4 is 10.6 Å². The zero-order chi connectivity index (χ0) is 14.7. The molecule has 3 rings (SSSR count). The van der Waals surface area contributed by atoms with Crippen molar-refractivity contribution in [3.05, 3.63) is 48.5 Å². The van der Waals surface area contributed by atoms with Crippen LogP contribution in [0.4, 0.5) is 17.6 Å². The van der Waals surface area contributed by atoms with Gasteiger partial charge in [0.25, 0.3) is 0 Å². The number of aryl methyl sites for hydroxylation is 1. The normalized spacial score (nSPS) is 10.4. The zero-order valence-electron chi connectivity index (χ0n) is 11.8. The van der Waals surface area contributed by atoms with E-state index in [4.69, 9.17) is 0 Å². The van der Waals surface area contributed by atoms with E-state index >= 15 is 0 Å². The van der Waals surface area contributed by atoms with E-state index in [1.165, 1.54) is 0 Å². The molecule has 0 saturated carbocycles. The third kappa shape index (κ3) is 2.97. The van der Waals surface area contributed by atoms with Crippen molar-refractivity contribution in [3.8, 4) is 5.95 Å². The van der Waals surface area contributed by atoms with Crippen molar-refractivity contribution >= 4 is 17.6 Å². The number of aromatic nitrogens is 5. The lowest BCUT2D eigenvalue weighted by Gasteiger charge is -2.09. The van der Waals surface area contributed by atoms with Crippen LogP contribution in [0.5, 0.6) is 0 Å². The topological polar surface area (TPSA) is 80.5 Å². The molecule has 0 spiro atoms. The van der Waals surface area contributed by atoms with Gasteiger partial charge < -0.3 is 10.6 Å². The maximum atomic E-state index is 4.40. The first-order valence-corrected chi connectivity index (χ1v) is 6.50. The maximum absolute atomic E-state index is 4.40. The van der Waals surface area contributed by atoms with Crippen molar-refractivity contribution in [2.45, 2.75) is 6.92 Å². The van der Waals surface area contributed by atoms with Crippen molar-refractivity contribution in [2.75, 3.05) is 17.7 Å². The van der Waals surface area contributed by atoms with E-state index in [0.29, 0.717) is 17.8 Å². The molecule has 0 aliphatic rings. The fourth-order valence-corrected chi connectivity index (χ4v) is 1.88. The van der Waals surface area contributed by atoms with Gasteiger partial charge in [-0.05, 0) is 24.6 Å². The number of hydrogen-bond acceptors (Lipinski definition) is 6. The zero-order valence-corrected chi connectivity index (χ0v) is 11.8. The van der Waals surface area contributed by atoms with Crippen LogP contribution in [-0.2, 0) is 0 Å². The molecule has 7 heteroatoms. The van der Waals surface area contributed by atoms with Crippen LogP contribution in [0.1, 0.15) is 5.56 Å². The van der Waals surface area contributed by atoms with Crippen LogP contribution in [0.2, 0.25) is 0 Å². The average molecular weight is 281 g/mol. The predicted molar refractivity (Wildman–Crippen MR) is 81.0 cm³/mol. The van der Waals surface area contributed by atoms with Gasteiger partial charge in [0.05, 0.1) is 0 Å². The number of nitrogens with zero attached hydrogens (tertiary/aromatic N) is 5. The Balaban J connectivity index is 1.96. The summed E-state index contributed by atoms with van der Waals surface area (Å²) >= 11 is 0. The molecule has 0 fully saturated rings. The third-order valence-corrected chi connectivity index (χ3v) is 2.86. The van der Waals surface area contributed by atoms with Crippen LogP contribution in [0.3, 0.4) is 0 Å². The molecule has 0 aliphatic carbocycles. The van der Waals surface area contributed by atoms with Gasteiger partial charge in [-0.25, -0.2) is 4.98 Å². The molecular formula is C14H15N7. The van der Waals surface area contributed by atoms with Crippen molar-refractivity contribution in [2.24, 2.45) is 0 Å². The molecule has 106 valence electrons. The first-order chi connectivity index (χ1) is 10.2. The van der Waals surface area contributed by atoms with Gasteiger partial charge in [0.1, 0.15) is 6.33 Å². The molecule has 0 radical (unpaired) electrons. The average Bonchev–Trinajstić information content (AvgIpc) is 3.01. The largest absolute Gasteiger partial charge is 0.357 e. The molecule has 0 saturated heterocycles. The number of imidazole rings is 1. The fraction of sp³-hybridized carbons (Fsp3) is 0.143. The van der Waals surface area contributed by atoms with Gasteiger partial charge in [-0.2, -0.15) is 15.0 Å². The van der Waals surface area contributed by atoms with Crippen molar-refractivity contribution in [3.63, 3.8) is 0 Å². The van der Waals surface area contributed by atoms with Crippen LogP contribution >= 0.6 is 0 Å². The van der Waals surface area contributed by atoms with Crippen LogP contribution in [-0.4, -0.2) is 31.6 Å². The summed E-state index contributed by atoms with van der Waals surface area (Å²) in [5, 5.41) is 6.12. The highest BCUT2D eigenvalue weighted by atomic mass is 15.3. The summed E-state index contributed by atoms with van der Waals surface area (Å²) in [4.78, 5) is 17.0. The Bertz CT molecular complexity index is 737. The van der Waals surface area contributed by atoms with E-state index in [-0.39, 0.29) is 0 Å². The molecule has 7 nitrogen and oxygen atoms in total. The lowest BCUT2D eigenvalue weighted by molar-refractivity contribution is 0.902. The van der Waals surface area contributed by atoms with Gasteiger partial charge in [0.2, 0.25) is 17.8 Å². The molecule has 2 aromatic heterocycles. The van der Waals surface area contributed by atoms with E-state index in [2.05, 4.69) is 30.6 Å². The summed E-state index contributed by atoms with van der Waals surface area (Å²) < 4.78 is 1.73. The lowest BCUT2D eigenvalue weighted by Crippen LogP contribution is -2.08. The van der Waals surface area contributed by atoms with E-state index in [9.17, 15) is 0 Å². The molecule has 3 aromatic rings. The van der Waals surface area contributed by atoms with Gasteiger partial charge in [0, 0.05) is 25.1 Å². The second-order valence-electron chi connectivity index (χ2n) is 4.50. The summed E-state index contributed by atoms with van der Waals surface area (Å²) in [6.45, 7) is 2.04. The second-order valence-corrected chi connectivity index (χ2v) is 4.50. The summed E-state index contributed by atoms with van der Waals surface area (Å²) in [6, 6.07) is 8.01. The summed E-state index contributed by atoms with van der Waals surface area (Å²) in [7, 11) is 1.77. The maximum Gasteiger partial charge on any atom is 0.241 e. The Morgan fingerprint density at radius 1 is 1.10 bits per heavy atom. The monoisotopic (exact) mass is 281 g/mol. The number of anilines is 3. The van der Waals surface area contributed by atoms with E-state index in [0.717, 1.165) is 11.3 Å². The first-order valence-electron chi connectivity index (χ1n) is 6.50. The molecule has 0 aliphatic heterocycles. The Morgan fingerprint density at radius 3 is 2.67 bits per heavy atom. The van der Waals surface area contributed by atoms with E-state index in [1.807, 2.05) is 31.2 Å². The van der Waals surface area contributed by atoms with Crippen molar-refractivity contribution in [1.29, 1.82) is 0 Å². The van der Waals surface area contributed by atoms with Gasteiger partial charge in [0.15, 0.2) is 0 Å². The molecule has 0 bridgehead atoms. The molecule has 21 heavy (non-hydrogen) atoms. The Hall–Kier alpha value is -2.96. The van der Waals surface area contributed by atoms with Gasteiger partial charge >= 0.3 is 0 Å². The van der Waals surface area contributed by atoms with Gasteiger partial charge in [-0.15, -0.1) is 0 Å². The number of rotatable bonds is 4. The summed E-state index contributed by atoms with van der Waals surface area (Å²) in [6.07, 6.45) is 5.10. The van der Waals surface area contributed by atoms with Crippen LogP contribution in [0.25, 0.3) is 5.95 Å². The minimum absolute atomic E-state index is 0.476. The molecule has 0 unspecified atom stereocenters. The number of nitrogens with one attached hydrogen (secondary N) is 2. The van der Waals surface area contributed by atoms with E-state index < -0.39 is 0 Å². The SMILES string of the molecule is CNc1nc(Nc2cccc(C)c2)nc(-n2ccnc2)n1. The minimum Gasteiger partial charge on any atom is -0.357 e. The molecular weight excluding hydrogens is 266 g/mol.